The van der Waals surface area contributed by atoms with Crippen LogP contribution in [0, 0.1) is 0 Å². The number of aromatic nitrogens is 2. The minimum Gasteiger partial charge on any atom is -0.462 e. The Balaban J connectivity index is 2.33. The van der Waals surface area contributed by atoms with Gasteiger partial charge in [0.15, 0.2) is 0 Å². The summed E-state index contributed by atoms with van der Waals surface area (Å²) >= 11 is 1.14. The van der Waals surface area contributed by atoms with E-state index in [0.717, 1.165) is 11.8 Å². The molecule has 0 aromatic carbocycles. The predicted octanol–water partition coefficient (Wildman–Crippen LogP) is 0.572. The third-order valence-electron chi connectivity index (χ3n) is 1.30. The van der Waals surface area contributed by atoms with Crippen LogP contribution in [0.5, 0.6) is 0 Å². The van der Waals surface area contributed by atoms with Crippen LogP contribution in [0.1, 0.15) is 19.7 Å². The number of carbonyl (C=O) groups is 1. The van der Waals surface area contributed by atoms with E-state index >= 15 is 0 Å². The second kappa shape index (κ2) is 5.72. The van der Waals surface area contributed by atoms with E-state index in [-0.39, 0.29) is 24.4 Å². The molecule has 1 aromatic heterocycles. The molecule has 1 rings (SSSR count). The first kappa shape index (κ1) is 12.0. The molecule has 15 heavy (non-hydrogen) atoms. The maximum Gasteiger partial charge on any atom is 0.316 e. The predicted molar refractivity (Wildman–Crippen MR) is 54.1 cm³/mol. The van der Waals surface area contributed by atoms with Crippen molar-refractivity contribution >= 4 is 17.7 Å². The highest BCUT2D eigenvalue weighted by atomic mass is 32.2. The maximum absolute atomic E-state index is 11.1. The first-order valence-corrected chi connectivity index (χ1v) is 5.45. The fraction of sp³-hybridized carbons (Fsp3) is 0.625. The van der Waals surface area contributed by atoms with Crippen molar-refractivity contribution in [1.29, 1.82) is 0 Å². The minimum atomic E-state index is -0.303. The van der Waals surface area contributed by atoms with Gasteiger partial charge in [0.25, 0.3) is 5.22 Å². The Bertz CT molecular complexity index is 327. The van der Waals surface area contributed by atoms with E-state index in [1.54, 1.807) is 13.8 Å². The molecule has 0 spiro atoms. The van der Waals surface area contributed by atoms with Crippen molar-refractivity contribution < 1.29 is 13.9 Å². The Morgan fingerprint density at radius 3 is 2.87 bits per heavy atom. The molecular formula is C8H13N3O3S. The Kier molecular flexibility index (Phi) is 4.57. The van der Waals surface area contributed by atoms with Crippen LogP contribution in [0.3, 0.4) is 0 Å². The average Bonchev–Trinajstić information content (AvgIpc) is 2.61. The summed E-state index contributed by atoms with van der Waals surface area (Å²) in [6, 6.07) is 0. The first-order chi connectivity index (χ1) is 7.11. The highest BCUT2D eigenvalue weighted by molar-refractivity contribution is 7.99. The third kappa shape index (κ3) is 4.30. The molecule has 1 heterocycles. The normalized spacial score (nSPS) is 10.7. The molecule has 0 fully saturated rings. The highest BCUT2D eigenvalue weighted by Gasteiger charge is 2.10. The molecule has 0 bridgehead atoms. The summed E-state index contributed by atoms with van der Waals surface area (Å²) in [6.45, 7) is 3.79. The van der Waals surface area contributed by atoms with Gasteiger partial charge in [0.1, 0.15) is 5.75 Å². The number of esters is 1. The summed E-state index contributed by atoms with van der Waals surface area (Å²) in [5.41, 5.74) is 5.29. The molecule has 0 aliphatic carbocycles. The van der Waals surface area contributed by atoms with Crippen LogP contribution >= 0.6 is 11.8 Å². The number of nitrogens with zero attached hydrogens (tertiary/aromatic N) is 2. The molecule has 84 valence electrons. The van der Waals surface area contributed by atoms with E-state index in [2.05, 4.69) is 10.2 Å². The Morgan fingerprint density at radius 2 is 2.33 bits per heavy atom. The number of rotatable bonds is 5. The molecule has 0 aliphatic rings. The lowest BCUT2D eigenvalue weighted by Gasteiger charge is -2.05. The molecular weight excluding hydrogens is 218 g/mol. The molecule has 0 saturated heterocycles. The van der Waals surface area contributed by atoms with Crippen molar-refractivity contribution in [3.8, 4) is 0 Å². The van der Waals surface area contributed by atoms with E-state index in [1.165, 1.54) is 0 Å². The average molecular weight is 231 g/mol. The van der Waals surface area contributed by atoms with Gasteiger partial charge in [0.2, 0.25) is 5.89 Å². The van der Waals surface area contributed by atoms with Gasteiger partial charge in [-0.15, -0.1) is 10.2 Å². The largest absolute Gasteiger partial charge is 0.462 e. The molecule has 7 heteroatoms. The van der Waals surface area contributed by atoms with Crippen molar-refractivity contribution in [3.63, 3.8) is 0 Å². The van der Waals surface area contributed by atoms with Gasteiger partial charge < -0.3 is 14.9 Å². The van der Waals surface area contributed by atoms with E-state index < -0.39 is 0 Å². The van der Waals surface area contributed by atoms with E-state index in [0.29, 0.717) is 11.1 Å². The quantitative estimate of drug-likeness (QED) is 0.585. The van der Waals surface area contributed by atoms with Gasteiger partial charge in [0.05, 0.1) is 12.6 Å². The highest BCUT2D eigenvalue weighted by Crippen LogP contribution is 2.15. The van der Waals surface area contributed by atoms with Gasteiger partial charge in [0, 0.05) is 0 Å². The molecule has 0 amide bonds. The van der Waals surface area contributed by atoms with Crippen LogP contribution in [0.2, 0.25) is 0 Å². The fourth-order valence-corrected chi connectivity index (χ4v) is 1.36. The molecule has 1 aromatic rings. The van der Waals surface area contributed by atoms with Gasteiger partial charge >= 0.3 is 5.97 Å². The van der Waals surface area contributed by atoms with Crippen molar-refractivity contribution in [2.75, 3.05) is 5.75 Å². The number of hydrogen-bond acceptors (Lipinski definition) is 7. The van der Waals surface area contributed by atoms with Gasteiger partial charge in [-0.05, 0) is 13.8 Å². The number of carbonyl (C=O) groups excluding carboxylic acids is 1. The van der Waals surface area contributed by atoms with Crippen LogP contribution < -0.4 is 5.73 Å². The molecule has 0 radical (unpaired) electrons. The lowest BCUT2D eigenvalue weighted by molar-refractivity contribution is -0.144. The van der Waals surface area contributed by atoms with E-state index in [9.17, 15) is 4.79 Å². The number of nitrogens with two attached hydrogens (primary N) is 1. The molecule has 2 N–H and O–H groups in total. The Labute approximate surface area is 91.6 Å². The van der Waals surface area contributed by atoms with Crippen molar-refractivity contribution in [1.82, 2.24) is 10.2 Å². The zero-order valence-electron chi connectivity index (χ0n) is 8.60. The van der Waals surface area contributed by atoms with Gasteiger partial charge in [-0.3, -0.25) is 4.79 Å². The standard InChI is InChI=1S/C8H13N3O3S/c1-5(2)13-7(12)4-15-8-11-10-6(3-9)14-8/h5H,3-4,9H2,1-2H3. The van der Waals surface area contributed by atoms with Crippen LogP contribution in [0.15, 0.2) is 9.64 Å². The maximum atomic E-state index is 11.1. The summed E-state index contributed by atoms with van der Waals surface area (Å²) in [5, 5.41) is 7.69. The topological polar surface area (TPSA) is 91.2 Å². The molecule has 0 atom stereocenters. The van der Waals surface area contributed by atoms with Crippen LogP contribution in [-0.2, 0) is 16.1 Å². The summed E-state index contributed by atoms with van der Waals surface area (Å²) < 4.78 is 10.0. The molecule has 0 saturated carbocycles. The van der Waals surface area contributed by atoms with E-state index in [1.807, 2.05) is 0 Å². The number of thioether (sulfide) groups is 1. The summed E-state index contributed by atoms with van der Waals surface area (Å²) in [6.07, 6.45) is -0.111. The smallest absolute Gasteiger partial charge is 0.316 e. The Hall–Kier alpha value is -1.08. The van der Waals surface area contributed by atoms with Crippen molar-refractivity contribution in [3.05, 3.63) is 5.89 Å². The number of hydrogen-bond donors (Lipinski definition) is 1. The second-order valence-corrected chi connectivity index (χ2v) is 3.92. The lowest BCUT2D eigenvalue weighted by atomic mass is 10.5. The monoisotopic (exact) mass is 231 g/mol. The molecule has 6 nitrogen and oxygen atoms in total. The van der Waals surface area contributed by atoms with Crippen molar-refractivity contribution in [2.24, 2.45) is 5.73 Å². The first-order valence-electron chi connectivity index (χ1n) is 4.46. The SMILES string of the molecule is CC(C)OC(=O)CSc1nnc(CN)o1. The zero-order valence-corrected chi connectivity index (χ0v) is 9.41. The van der Waals surface area contributed by atoms with Gasteiger partial charge in [-0.1, -0.05) is 11.8 Å². The second-order valence-electron chi connectivity index (χ2n) is 2.99. The summed E-state index contributed by atoms with van der Waals surface area (Å²) in [5.74, 6) is 0.210. The van der Waals surface area contributed by atoms with E-state index in [4.69, 9.17) is 14.9 Å². The van der Waals surface area contributed by atoms with Gasteiger partial charge in [-0.2, -0.15) is 0 Å². The summed E-state index contributed by atoms with van der Waals surface area (Å²) in [7, 11) is 0. The van der Waals surface area contributed by atoms with Crippen LogP contribution in [0.25, 0.3) is 0 Å². The molecule has 0 aliphatic heterocycles. The van der Waals surface area contributed by atoms with Gasteiger partial charge in [-0.25, -0.2) is 0 Å². The number of ether oxygens (including phenoxy) is 1. The van der Waals surface area contributed by atoms with Crippen LogP contribution in [0.4, 0.5) is 0 Å². The third-order valence-corrected chi connectivity index (χ3v) is 2.10. The van der Waals surface area contributed by atoms with Crippen LogP contribution in [-0.4, -0.2) is 28.0 Å². The Morgan fingerprint density at radius 1 is 1.60 bits per heavy atom. The zero-order chi connectivity index (χ0) is 11.3. The minimum absolute atomic E-state index is 0.111. The summed E-state index contributed by atoms with van der Waals surface area (Å²) in [4.78, 5) is 11.1. The van der Waals surface area contributed by atoms with Crippen molar-refractivity contribution in [2.45, 2.75) is 31.7 Å². The fourth-order valence-electron chi connectivity index (χ4n) is 0.797. The lowest BCUT2D eigenvalue weighted by Crippen LogP contribution is -2.13. The molecule has 0 unspecified atom stereocenters.